The molecule has 3 aromatic rings. The first-order valence-corrected chi connectivity index (χ1v) is 16.8. The van der Waals surface area contributed by atoms with Gasteiger partial charge in [0.05, 0.1) is 5.56 Å². The molecular weight excluding hydrogens is 614 g/mol. The van der Waals surface area contributed by atoms with Crippen LogP contribution in [0.3, 0.4) is 0 Å². The fourth-order valence-corrected chi connectivity index (χ4v) is 6.21. The van der Waals surface area contributed by atoms with E-state index in [-0.39, 0.29) is 36.2 Å². The van der Waals surface area contributed by atoms with Gasteiger partial charge in [0.15, 0.2) is 11.6 Å². The third-order valence-electron chi connectivity index (χ3n) is 8.60. The Morgan fingerprint density at radius 2 is 1.50 bits per heavy atom. The van der Waals surface area contributed by atoms with E-state index in [0.717, 1.165) is 49.7 Å². The van der Waals surface area contributed by atoms with Gasteiger partial charge in [-0.05, 0) is 109 Å². The Hall–Kier alpha value is -3.98. The van der Waals surface area contributed by atoms with Crippen LogP contribution in [0.4, 0.5) is 13.6 Å². The standard InChI is InChI=1S/C39H48F2N2O5/c1-38(2,3)47-36(44)29-14-12-26(13-15-29)23-42-18-16-27(17-19-42)24-43(37(45)48-39(4,5)6)34-22-31(34)32-20-30(40)21-33(41)35(32)46-25-28-10-8-7-9-11-28/h7-15,20-21,27,31,34H,16-19,22-25H2,1-6H3/t31-,34+/m0/s1. The summed E-state index contributed by atoms with van der Waals surface area (Å²) >= 11 is 0. The topological polar surface area (TPSA) is 68.3 Å². The molecule has 9 heteroatoms. The maximum atomic E-state index is 15.1. The largest absolute Gasteiger partial charge is 0.486 e. The molecule has 0 spiro atoms. The third-order valence-corrected chi connectivity index (χ3v) is 8.60. The quantitative estimate of drug-likeness (QED) is 0.203. The molecule has 0 bridgehead atoms. The maximum Gasteiger partial charge on any atom is 0.410 e. The van der Waals surface area contributed by atoms with Crippen molar-refractivity contribution in [3.8, 4) is 5.75 Å². The van der Waals surface area contributed by atoms with Gasteiger partial charge in [-0.1, -0.05) is 42.5 Å². The number of nitrogens with zero attached hydrogens (tertiary/aromatic N) is 2. The van der Waals surface area contributed by atoms with E-state index in [0.29, 0.717) is 24.1 Å². The number of benzene rings is 3. The Kier molecular flexibility index (Phi) is 10.8. The summed E-state index contributed by atoms with van der Waals surface area (Å²) < 4.78 is 46.8. The van der Waals surface area contributed by atoms with E-state index in [1.54, 1.807) is 4.90 Å². The highest BCUT2D eigenvalue weighted by Gasteiger charge is 2.48. The Morgan fingerprint density at radius 1 is 0.854 bits per heavy atom. The van der Waals surface area contributed by atoms with Gasteiger partial charge in [-0.3, -0.25) is 4.90 Å². The number of amides is 1. The number of carbonyl (C=O) groups excluding carboxylic acids is 2. The van der Waals surface area contributed by atoms with Crippen LogP contribution in [0.15, 0.2) is 66.7 Å². The Labute approximate surface area is 283 Å². The van der Waals surface area contributed by atoms with Crippen LogP contribution in [0.5, 0.6) is 5.75 Å². The van der Waals surface area contributed by atoms with Gasteiger partial charge >= 0.3 is 12.1 Å². The van der Waals surface area contributed by atoms with Gasteiger partial charge < -0.3 is 19.1 Å². The summed E-state index contributed by atoms with van der Waals surface area (Å²) in [4.78, 5) is 30.1. The molecule has 5 rings (SSSR count). The number of piperidine rings is 1. The van der Waals surface area contributed by atoms with Crippen LogP contribution >= 0.6 is 0 Å². The molecule has 258 valence electrons. The van der Waals surface area contributed by atoms with Crippen molar-refractivity contribution in [3.63, 3.8) is 0 Å². The first-order valence-electron chi connectivity index (χ1n) is 16.8. The second kappa shape index (κ2) is 14.6. The Balaban J connectivity index is 1.22. The van der Waals surface area contributed by atoms with Crippen LogP contribution in [0.1, 0.15) is 93.8 Å². The Bertz CT molecular complexity index is 1560. The summed E-state index contributed by atoms with van der Waals surface area (Å²) in [7, 11) is 0. The molecule has 1 amide bonds. The summed E-state index contributed by atoms with van der Waals surface area (Å²) in [5.41, 5.74) is 1.73. The lowest BCUT2D eigenvalue weighted by atomic mass is 9.95. The smallest absolute Gasteiger partial charge is 0.410 e. The van der Waals surface area contributed by atoms with Crippen LogP contribution < -0.4 is 4.74 Å². The normalized spacial score (nSPS) is 18.7. The minimum Gasteiger partial charge on any atom is -0.486 e. The van der Waals surface area contributed by atoms with E-state index in [1.807, 2.05) is 96.1 Å². The molecule has 0 aromatic heterocycles. The predicted octanol–water partition coefficient (Wildman–Crippen LogP) is 8.50. The number of halogens is 2. The van der Waals surface area contributed by atoms with E-state index in [4.69, 9.17) is 14.2 Å². The van der Waals surface area contributed by atoms with Gasteiger partial charge in [-0.2, -0.15) is 0 Å². The zero-order valence-electron chi connectivity index (χ0n) is 28.9. The number of esters is 1. The summed E-state index contributed by atoms with van der Waals surface area (Å²) in [5, 5.41) is 0. The highest BCUT2D eigenvalue weighted by atomic mass is 19.1. The minimum absolute atomic E-state index is 0.0318. The molecule has 0 radical (unpaired) electrons. The molecule has 1 saturated heterocycles. The zero-order chi connectivity index (χ0) is 34.6. The van der Waals surface area contributed by atoms with Crippen LogP contribution in [0, 0.1) is 17.6 Å². The monoisotopic (exact) mass is 662 g/mol. The number of likely N-dealkylation sites (tertiary alicyclic amines) is 1. The van der Waals surface area contributed by atoms with Crippen LogP contribution in [0.25, 0.3) is 0 Å². The average Bonchev–Trinajstić information content (AvgIpc) is 3.79. The van der Waals surface area contributed by atoms with Crippen molar-refractivity contribution < 1.29 is 32.6 Å². The fraction of sp³-hybridized carbons (Fsp3) is 0.487. The van der Waals surface area contributed by atoms with E-state index in [1.165, 1.54) is 6.07 Å². The molecule has 1 aliphatic carbocycles. The van der Waals surface area contributed by atoms with E-state index in [9.17, 15) is 14.0 Å². The van der Waals surface area contributed by atoms with Gasteiger partial charge in [0.25, 0.3) is 0 Å². The van der Waals surface area contributed by atoms with Crippen molar-refractivity contribution in [1.29, 1.82) is 0 Å². The number of ether oxygens (including phenoxy) is 3. The third kappa shape index (κ3) is 9.78. The Morgan fingerprint density at radius 3 is 2.12 bits per heavy atom. The van der Waals surface area contributed by atoms with Gasteiger partial charge in [-0.15, -0.1) is 0 Å². The highest BCUT2D eigenvalue weighted by Crippen LogP contribution is 2.49. The number of hydrogen-bond acceptors (Lipinski definition) is 6. The number of rotatable bonds is 10. The van der Waals surface area contributed by atoms with Gasteiger partial charge in [0.2, 0.25) is 0 Å². The van der Waals surface area contributed by atoms with Crippen LogP contribution in [-0.4, -0.2) is 58.7 Å². The lowest BCUT2D eigenvalue weighted by Crippen LogP contribution is -2.44. The average molecular weight is 663 g/mol. The predicted molar refractivity (Wildman–Crippen MR) is 181 cm³/mol. The van der Waals surface area contributed by atoms with E-state index >= 15 is 4.39 Å². The molecule has 2 atom stereocenters. The van der Waals surface area contributed by atoms with Gasteiger partial charge in [-0.25, -0.2) is 18.4 Å². The summed E-state index contributed by atoms with van der Waals surface area (Å²) in [6, 6.07) is 18.9. The SMILES string of the molecule is CC(C)(C)OC(=O)c1ccc(CN2CCC(CN(C(=O)OC(C)(C)C)[C@@H]3C[C@H]3c3cc(F)cc(F)c3OCc3ccccc3)CC2)cc1. The number of hydrogen-bond donors (Lipinski definition) is 0. The van der Waals surface area contributed by atoms with E-state index < -0.39 is 28.9 Å². The lowest BCUT2D eigenvalue weighted by molar-refractivity contribution is 0.00684. The van der Waals surface area contributed by atoms with Crippen molar-refractivity contribution in [2.24, 2.45) is 5.92 Å². The first kappa shape index (κ1) is 35.3. The highest BCUT2D eigenvalue weighted by molar-refractivity contribution is 5.89. The molecule has 48 heavy (non-hydrogen) atoms. The molecule has 1 heterocycles. The maximum absolute atomic E-state index is 15.1. The summed E-state index contributed by atoms with van der Waals surface area (Å²) in [6.07, 6.45) is 1.95. The summed E-state index contributed by atoms with van der Waals surface area (Å²) in [5.74, 6) is -1.73. The molecule has 2 aliphatic rings. The van der Waals surface area contributed by atoms with Crippen molar-refractivity contribution in [2.45, 2.75) is 97.1 Å². The van der Waals surface area contributed by atoms with E-state index in [2.05, 4.69) is 4.90 Å². The number of carbonyl (C=O) groups is 2. The van der Waals surface area contributed by atoms with Gasteiger partial charge in [0, 0.05) is 36.7 Å². The van der Waals surface area contributed by atoms with Crippen molar-refractivity contribution in [2.75, 3.05) is 19.6 Å². The molecule has 2 fully saturated rings. The molecule has 7 nitrogen and oxygen atoms in total. The van der Waals surface area contributed by atoms with Crippen molar-refractivity contribution in [1.82, 2.24) is 9.80 Å². The molecule has 0 unspecified atom stereocenters. The van der Waals surface area contributed by atoms with Crippen molar-refractivity contribution in [3.05, 3.63) is 101 Å². The van der Waals surface area contributed by atoms with Crippen LogP contribution in [-0.2, 0) is 22.6 Å². The second-order valence-electron chi connectivity index (χ2n) is 15.0. The van der Waals surface area contributed by atoms with Crippen molar-refractivity contribution >= 4 is 12.1 Å². The lowest BCUT2D eigenvalue weighted by Gasteiger charge is -2.36. The van der Waals surface area contributed by atoms with Crippen LogP contribution in [0.2, 0.25) is 0 Å². The van der Waals surface area contributed by atoms with Gasteiger partial charge in [0.1, 0.15) is 23.6 Å². The molecule has 1 aliphatic heterocycles. The molecular formula is C39H48F2N2O5. The minimum atomic E-state index is -0.748. The molecule has 1 saturated carbocycles. The molecule has 3 aromatic carbocycles. The zero-order valence-corrected chi connectivity index (χ0v) is 28.9. The first-order chi connectivity index (χ1) is 22.6. The summed E-state index contributed by atoms with van der Waals surface area (Å²) in [6.45, 7) is 14.2. The molecule has 0 N–H and O–H groups in total. The fourth-order valence-electron chi connectivity index (χ4n) is 6.21. The second-order valence-corrected chi connectivity index (χ2v) is 15.0.